The van der Waals surface area contributed by atoms with Crippen LogP contribution >= 0.6 is 0 Å². The summed E-state index contributed by atoms with van der Waals surface area (Å²) in [5.74, 6) is 0.345. The molecule has 1 heterocycles. The van der Waals surface area contributed by atoms with E-state index in [1.54, 1.807) is 6.92 Å². The lowest BCUT2D eigenvalue weighted by Gasteiger charge is -1.84. The van der Waals surface area contributed by atoms with E-state index in [9.17, 15) is 4.39 Å². The van der Waals surface area contributed by atoms with Crippen molar-refractivity contribution in [3.05, 3.63) is 18.2 Å². The van der Waals surface area contributed by atoms with Gasteiger partial charge in [0.05, 0.1) is 0 Å². The van der Waals surface area contributed by atoms with E-state index in [1.807, 2.05) is 0 Å². The van der Waals surface area contributed by atoms with Crippen LogP contribution in [0.5, 0.6) is 0 Å². The molecule has 0 aromatic carbocycles. The maximum Gasteiger partial charge on any atom is 0.312 e. The Labute approximate surface area is 45.6 Å². The SMILES string of the molecule is Cc1n[c]nc(F)n1. The van der Waals surface area contributed by atoms with Gasteiger partial charge < -0.3 is 0 Å². The fourth-order valence-electron chi connectivity index (χ4n) is 0.322. The van der Waals surface area contributed by atoms with Gasteiger partial charge >= 0.3 is 6.08 Å². The molecule has 0 unspecified atom stereocenters. The highest BCUT2D eigenvalue weighted by molar-refractivity contribution is 4.74. The van der Waals surface area contributed by atoms with Gasteiger partial charge in [0.15, 0.2) is 0 Å². The molecule has 8 heavy (non-hydrogen) atoms. The first-order valence-corrected chi connectivity index (χ1v) is 2.03. The van der Waals surface area contributed by atoms with Gasteiger partial charge in [-0.2, -0.15) is 14.4 Å². The van der Waals surface area contributed by atoms with Crippen molar-refractivity contribution in [3.63, 3.8) is 0 Å². The van der Waals surface area contributed by atoms with E-state index in [-0.39, 0.29) is 0 Å². The lowest BCUT2D eigenvalue weighted by molar-refractivity contribution is 0.525. The van der Waals surface area contributed by atoms with Gasteiger partial charge in [-0.05, 0) is 6.92 Å². The minimum absolute atomic E-state index is 0.345. The van der Waals surface area contributed by atoms with E-state index >= 15 is 0 Å². The Morgan fingerprint density at radius 1 is 1.50 bits per heavy atom. The predicted octanol–water partition coefficient (Wildman–Crippen LogP) is 0.119. The number of aryl methyl sites for hydroxylation is 1. The van der Waals surface area contributed by atoms with Crippen molar-refractivity contribution in [1.82, 2.24) is 15.0 Å². The Kier molecular flexibility index (Phi) is 1.15. The van der Waals surface area contributed by atoms with Gasteiger partial charge in [-0.15, -0.1) is 0 Å². The molecule has 0 N–H and O–H groups in total. The number of hydrogen-bond donors (Lipinski definition) is 0. The number of rotatable bonds is 0. The minimum Gasteiger partial charge on any atom is -0.210 e. The van der Waals surface area contributed by atoms with Gasteiger partial charge in [0.1, 0.15) is 5.82 Å². The van der Waals surface area contributed by atoms with Crippen molar-refractivity contribution in [2.75, 3.05) is 0 Å². The summed E-state index contributed by atoms with van der Waals surface area (Å²) in [4.78, 5) is 9.73. The third-order valence-electron chi connectivity index (χ3n) is 0.608. The largest absolute Gasteiger partial charge is 0.312 e. The Balaban J connectivity index is 3.08. The first kappa shape index (κ1) is 5.08. The number of halogens is 1. The summed E-state index contributed by atoms with van der Waals surface area (Å²) in [6.07, 6.45) is 1.31. The van der Waals surface area contributed by atoms with E-state index in [4.69, 9.17) is 0 Å². The molecular weight excluding hydrogens is 109 g/mol. The molecule has 3 nitrogen and oxygen atoms in total. The highest BCUT2D eigenvalue weighted by Gasteiger charge is 1.90. The van der Waals surface area contributed by atoms with Crippen molar-refractivity contribution in [3.8, 4) is 0 Å². The average molecular weight is 112 g/mol. The molecule has 0 spiro atoms. The van der Waals surface area contributed by atoms with E-state index < -0.39 is 6.08 Å². The first-order chi connectivity index (χ1) is 3.79. The molecule has 0 saturated carbocycles. The van der Waals surface area contributed by atoms with Crippen LogP contribution in [0.4, 0.5) is 4.39 Å². The van der Waals surface area contributed by atoms with Gasteiger partial charge in [0.25, 0.3) is 0 Å². The zero-order valence-electron chi connectivity index (χ0n) is 4.22. The third kappa shape index (κ3) is 0.959. The second-order valence-electron chi connectivity index (χ2n) is 1.25. The molecule has 0 atom stereocenters. The fourth-order valence-corrected chi connectivity index (χ4v) is 0.322. The van der Waals surface area contributed by atoms with Crippen molar-refractivity contribution < 1.29 is 4.39 Å². The predicted molar refractivity (Wildman–Crippen MR) is 23.4 cm³/mol. The minimum atomic E-state index is -0.780. The van der Waals surface area contributed by atoms with Crippen LogP contribution in [-0.4, -0.2) is 15.0 Å². The van der Waals surface area contributed by atoms with Gasteiger partial charge in [0, 0.05) is 0 Å². The summed E-state index contributed by atoms with van der Waals surface area (Å²) in [6.45, 7) is 1.57. The summed E-state index contributed by atoms with van der Waals surface area (Å²) in [5, 5.41) is 0. The lowest BCUT2D eigenvalue weighted by atomic mass is 10.7. The zero-order chi connectivity index (χ0) is 5.98. The monoisotopic (exact) mass is 112 g/mol. The van der Waals surface area contributed by atoms with E-state index in [0.29, 0.717) is 5.82 Å². The molecule has 0 aliphatic carbocycles. The van der Waals surface area contributed by atoms with Gasteiger partial charge in [-0.1, -0.05) is 0 Å². The second kappa shape index (κ2) is 1.81. The van der Waals surface area contributed by atoms with Crippen LogP contribution < -0.4 is 0 Å². The van der Waals surface area contributed by atoms with Crippen LogP contribution in [0.25, 0.3) is 0 Å². The number of hydrogen-bond acceptors (Lipinski definition) is 3. The van der Waals surface area contributed by atoms with Crippen LogP contribution in [0.3, 0.4) is 0 Å². The molecular formula is C4H3FN3. The molecule has 1 aromatic heterocycles. The van der Waals surface area contributed by atoms with E-state index in [2.05, 4.69) is 21.3 Å². The molecule has 0 aliphatic heterocycles. The lowest BCUT2D eigenvalue weighted by Crippen LogP contribution is -1.93. The molecule has 1 aromatic rings. The summed E-state index contributed by atoms with van der Waals surface area (Å²) in [6, 6.07) is 0. The molecule has 4 heteroatoms. The standard InChI is InChI=1S/C4H3FN3/c1-3-6-2-7-4(5)8-3/h1H3. The Morgan fingerprint density at radius 3 is 2.62 bits per heavy atom. The summed E-state index contributed by atoms with van der Waals surface area (Å²) >= 11 is 0. The van der Waals surface area contributed by atoms with Gasteiger partial charge in [0.2, 0.25) is 6.33 Å². The summed E-state index contributed by atoms with van der Waals surface area (Å²) < 4.78 is 11.9. The average Bonchev–Trinajstić information content (AvgIpc) is 1.64. The Hall–Kier alpha value is -1.06. The highest BCUT2D eigenvalue weighted by atomic mass is 19.1. The molecule has 0 fully saturated rings. The zero-order valence-corrected chi connectivity index (χ0v) is 4.22. The second-order valence-corrected chi connectivity index (χ2v) is 1.25. The number of nitrogens with zero attached hydrogens (tertiary/aromatic N) is 3. The van der Waals surface area contributed by atoms with Crippen LogP contribution in [0, 0.1) is 19.3 Å². The van der Waals surface area contributed by atoms with E-state index in [1.165, 1.54) is 0 Å². The van der Waals surface area contributed by atoms with Crippen LogP contribution in [0.15, 0.2) is 0 Å². The number of aromatic nitrogens is 3. The van der Waals surface area contributed by atoms with Crippen LogP contribution in [0.2, 0.25) is 0 Å². The van der Waals surface area contributed by atoms with Crippen molar-refractivity contribution in [2.45, 2.75) is 6.92 Å². The summed E-state index contributed by atoms with van der Waals surface area (Å²) in [7, 11) is 0. The maximum atomic E-state index is 11.9. The van der Waals surface area contributed by atoms with Gasteiger partial charge in [-0.3, -0.25) is 0 Å². The quantitative estimate of drug-likeness (QED) is 0.478. The van der Waals surface area contributed by atoms with E-state index in [0.717, 1.165) is 0 Å². The molecule has 1 rings (SSSR count). The smallest absolute Gasteiger partial charge is 0.210 e. The molecule has 41 valence electrons. The Bertz CT molecular complexity index is 171. The molecule has 0 amide bonds. The normalized spacial score (nSPS) is 9.25. The topological polar surface area (TPSA) is 38.7 Å². The maximum absolute atomic E-state index is 11.9. The van der Waals surface area contributed by atoms with Crippen molar-refractivity contribution in [2.24, 2.45) is 0 Å². The third-order valence-corrected chi connectivity index (χ3v) is 0.608. The van der Waals surface area contributed by atoms with Crippen molar-refractivity contribution >= 4 is 0 Å². The molecule has 0 aliphatic rings. The molecule has 0 saturated heterocycles. The van der Waals surface area contributed by atoms with Crippen molar-refractivity contribution in [1.29, 1.82) is 0 Å². The molecule has 0 bridgehead atoms. The van der Waals surface area contributed by atoms with Crippen LogP contribution in [-0.2, 0) is 0 Å². The highest BCUT2D eigenvalue weighted by Crippen LogP contribution is 1.82. The summed E-state index contributed by atoms with van der Waals surface area (Å²) in [5.41, 5.74) is 0. The molecule has 1 radical (unpaired) electrons. The Morgan fingerprint density at radius 2 is 2.25 bits per heavy atom. The van der Waals surface area contributed by atoms with Gasteiger partial charge in [-0.25, -0.2) is 4.98 Å². The fraction of sp³-hybridized carbons (Fsp3) is 0.250. The van der Waals surface area contributed by atoms with Crippen LogP contribution in [0.1, 0.15) is 5.82 Å². The first-order valence-electron chi connectivity index (χ1n) is 2.03.